The molecule has 0 saturated carbocycles. The van der Waals surface area contributed by atoms with Crippen LogP contribution in [0.5, 0.6) is 0 Å². The molecule has 0 fully saturated rings. The zero-order chi connectivity index (χ0) is 35.5. The monoisotopic (exact) mass is 678 g/mol. The van der Waals surface area contributed by atoms with E-state index in [4.69, 9.17) is 4.98 Å². The third-order valence-corrected chi connectivity index (χ3v) is 11.4. The van der Waals surface area contributed by atoms with E-state index in [0.717, 1.165) is 11.0 Å². The average molecular weight is 679 g/mol. The summed E-state index contributed by atoms with van der Waals surface area (Å²) in [4.78, 5) is 4.94. The Morgan fingerprint density at radius 3 is 1.51 bits per heavy atom. The largest absolute Gasteiger partial charge is 0.307 e. The minimum atomic E-state index is -0.169. The first-order valence-electron chi connectivity index (χ1n) is 18.5. The van der Waals surface area contributed by atoms with Gasteiger partial charge in [-0.2, -0.15) is 0 Å². The predicted octanol–water partition coefficient (Wildman–Crippen LogP) is 13.0. The SMILES string of the molecule is CC1(C)c2ccccc2-n2c3cccnc3c3cc(-c4ccc(C(c5ccc(-c6ccccc6)cc5)c5ccc(-c6ccccc6)cc5)cc4)cc1c32. The van der Waals surface area contributed by atoms with Crippen LogP contribution in [0.2, 0.25) is 0 Å². The summed E-state index contributed by atoms with van der Waals surface area (Å²) in [7, 11) is 0. The van der Waals surface area contributed by atoms with Crippen LogP contribution in [0.3, 0.4) is 0 Å². The van der Waals surface area contributed by atoms with Gasteiger partial charge in [-0.15, -0.1) is 0 Å². The molecule has 9 aromatic rings. The van der Waals surface area contributed by atoms with Crippen molar-refractivity contribution in [3.05, 3.63) is 216 Å². The Balaban J connectivity index is 1.08. The molecule has 1 aliphatic rings. The summed E-state index contributed by atoms with van der Waals surface area (Å²) in [6.07, 6.45) is 1.92. The van der Waals surface area contributed by atoms with E-state index in [2.05, 4.69) is 194 Å². The molecular formula is C51H38N2. The highest BCUT2D eigenvalue weighted by Crippen LogP contribution is 2.48. The first-order valence-corrected chi connectivity index (χ1v) is 18.5. The van der Waals surface area contributed by atoms with Crippen LogP contribution < -0.4 is 0 Å². The van der Waals surface area contributed by atoms with Gasteiger partial charge in [-0.1, -0.05) is 166 Å². The summed E-state index contributed by atoms with van der Waals surface area (Å²) in [6.45, 7) is 4.72. The summed E-state index contributed by atoms with van der Waals surface area (Å²) < 4.78 is 2.43. The van der Waals surface area contributed by atoms with Crippen molar-refractivity contribution in [3.8, 4) is 39.1 Å². The molecule has 53 heavy (non-hydrogen) atoms. The molecule has 0 bridgehead atoms. The molecule has 2 nitrogen and oxygen atoms in total. The molecule has 0 aliphatic carbocycles. The molecule has 2 aromatic heterocycles. The maximum absolute atomic E-state index is 4.94. The summed E-state index contributed by atoms with van der Waals surface area (Å²) in [5, 5.41) is 1.20. The maximum Gasteiger partial charge on any atom is 0.0963 e. The second kappa shape index (κ2) is 12.3. The number of hydrogen-bond acceptors (Lipinski definition) is 1. The summed E-state index contributed by atoms with van der Waals surface area (Å²) in [5.41, 5.74) is 18.4. The fraction of sp³-hybridized carbons (Fsp3) is 0.0784. The number of hydrogen-bond donors (Lipinski definition) is 0. The lowest BCUT2D eigenvalue weighted by Gasteiger charge is -2.35. The van der Waals surface area contributed by atoms with Gasteiger partial charge >= 0.3 is 0 Å². The molecule has 7 aromatic carbocycles. The lowest BCUT2D eigenvalue weighted by molar-refractivity contribution is 0.630. The maximum atomic E-state index is 4.94. The molecule has 0 radical (unpaired) electrons. The molecule has 0 amide bonds. The first kappa shape index (κ1) is 31.2. The third-order valence-electron chi connectivity index (χ3n) is 11.4. The standard InChI is InChI=1S/C51H38N2/c1-51(2)44-16-9-10-17-46(44)53-47-18-11-31-52-49(47)43-32-42(33-45(51)50(43)53)38-23-29-41(30-24-38)48(39-25-19-36(20-26-39)34-12-5-3-6-13-34)40-27-21-37(22-28-40)35-14-7-4-8-15-35/h3-33,48H,1-2H3. The average Bonchev–Trinajstić information content (AvgIpc) is 3.56. The van der Waals surface area contributed by atoms with Gasteiger partial charge in [0.1, 0.15) is 0 Å². The van der Waals surface area contributed by atoms with Crippen molar-refractivity contribution < 1.29 is 0 Å². The quantitative estimate of drug-likeness (QED) is 0.160. The summed E-state index contributed by atoms with van der Waals surface area (Å²) >= 11 is 0. The van der Waals surface area contributed by atoms with E-state index in [1.165, 1.54) is 77.8 Å². The van der Waals surface area contributed by atoms with E-state index in [9.17, 15) is 0 Å². The lowest BCUT2D eigenvalue weighted by Crippen LogP contribution is -2.26. The predicted molar refractivity (Wildman–Crippen MR) is 221 cm³/mol. The van der Waals surface area contributed by atoms with E-state index in [1.54, 1.807) is 0 Å². The van der Waals surface area contributed by atoms with Gasteiger partial charge in [-0.05, 0) is 91.5 Å². The third kappa shape index (κ3) is 5.13. The van der Waals surface area contributed by atoms with Gasteiger partial charge in [0.2, 0.25) is 0 Å². The molecule has 0 unspecified atom stereocenters. The van der Waals surface area contributed by atoms with Crippen molar-refractivity contribution >= 4 is 21.9 Å². The van der Waals surface area contributed by atoms with Gasteiger partial charge in [0.15, 0.2) is 0 Å². The Kier molecular flexibility index (Phi) is 7.26. The number of fused-ring (bicyclic) bond motifs is 5. The fourth-order valence-electron chi connectivity index (χ4n) is 8.64. The topological polar surface area (TPSA) is 17.8 Å². The Bertz CT molecular complexity index is 2670. The van der Waals surface area contributed by atoms with Crippen molar-refractivity contribution in [1.29, 1.82) is 0 Å². The molecular weight excluding hydrogens is 641 g/mol. The minimum Gasteiger partial charge on any atom is -0.307 e. The summed E-state index contributed by atoms with van der Waals surface area (Å²) in [5.74, 6) is 0.0833. The fourth-order valence-corrected chi connectivity index (χ4v) is 8.64. The van der Waals surface area contributed by atoms with Crippen LogP contribution in [-0.4, -0.2) is 9.55 Å². The van der Waals surface area contributed by atoms with E-state index in [-0.39, 0.29) is 11.3 Å². The van der Waals surface area contributed by atoms with Crippen molar-refractivity contribution in [1.82, 2.24) is 9.55 Å². The molecule has 0 atom stereocenters. The van der Waals surface area contributed by atoms with E-state index in [0.29, 0.717) is 0 Å². The number of rotatable bonds is 6. The van der Waals surface area contributed by atoms with Gasteiger partial charge in [0, 0.05) is 22.9 Å². The zero-order valence-corrected chi connectivity index (χ0v) is 29.9. The van der Waals surface area contributed by atoms with Crippen molar-refractivity contribution in [2.24, 2.45) is 0 Å². The second-order valence-corrected chi connectivity index (χ2v) is 14.8. The highest BCUT2D eigenvalue weighted by atomic mass is 15.0. The summed E-state index contributed by atoms with van der Waals surface area (Å²) in [6, 6.07) is 66.6. The first-order chi connectivity index (χ1) is 26.0. The van der Waals surface area contributed by atoms with Gasteiger partial charge in [-0.3, -0.25) is 4.98 Å². The number of nitrogens with zero attached hydrogens (tertiary/aromatic N) is 2. The van der Waals surface area contributed by atoms with Crippen LogP contribution in [0.25, 0.3) is 61.0 Å². The van der Waals surface area contributed by atoms with Crippen molar-refractivity contribution in [2.45, 2.75) is 25.2 Å². The normalized spacial score (nSPS) is 13.0. The molecule has 10 rings (SSSR count). The molecule has 1 aliphatic heterocycles. The van der Waals surface area contributed by atoms with Gasteiger partial charge < -0.3 is 4.57 Å². The van der Waals surface area contributed by atoms with Gasteiger partial charge in [0.25, 0.3) is 0 Å². The highest BCUT2D eigenvalue weighted by Gasteiger charge is 2.35. The smallest absolute Gasteiger partial charge is 0.0963 e. The number of para-hydroxylation sites is 1. The van der Waals surface area contributed by atoms with E-state index < -0.39 is 0 Å². The number of pyridine rings is 1. The molecule has 0 saturated heterocycles. The molecule has 0 spiro atoms. The van der Waals surface area contributed by atoms with Crippen LogP contribution in [0.15, 0.2) is 188 Å². The highest BCUT2D eigenvalue weighted by molar-refractivity contribution is 6.11. The lowest BCUT2D eigenvalue weighted by atomic mass is 9.74. The molecule has 2 heteroatoms. The Labute approximate surface area is 310 Å². The van der Waals surface area contributed by atoms with Crippen LogP contribution in [0.1, 0.15) is 47.6 Å². The molecule has 3 heterocycles. The number of benzene rings is 7. The van der Waals surface area contributed by atoms with Crippen LogP contribution in [0.4, 0.5) is 0 Å². The van der Waals surface area contributed by atoms with E-state index >= 15 is 0 Å². The molecule has 252 valence electrons. The number of aromatic nitrogens is 2. The Hall–Kier alpha value is -6.51. The Morgan fingerprint density at radius 2 is 0.943 bits per heavy atom. The van der Waals surface area contributed by atoms with Crippen molar-refractivity contribution in [3.63, 3.8) is 0 Å². The van der Waals surface area contributed by atoms with Crippen LogP contribution in [0, 0.1) is 0 Å². The molecule has 0 N–H and O–H groups in total. The van der Waals surface area contributed by atoms with Gasteiger partial charge in [-0.25, -0.2) is 0 Å². The minimum absolute atomic E-state index is 0.0833. The van der Waals surface area contributed by atoms with Crippen LogP contribution >= 0.6 is 0 Å². The Morgan fingerprint density at radius 1 is 0.453 bits per heavy atom. The second-order valence-electron chi connectivity index (χ2n) is 14.8. The zero-order valence-electron chi connectivity index (χ0n) is 29.9. The van der Waals surface area contributed by atoms with Crippen molar-refractivity contribution in [2.75, 3.05) is 0 Å². The van der Waals surface area contributed by atoms with Gasteiger partial charge in [0.05, 0.1) is 22.2 Å². The van der Waals surface area contributed by atoms with Crippen LogP contribution in [-0.2, 0) is 5.41 Å². The van der Waals surface area contributed by atoms with E-state index in [1.807, 2.05) is 12.3 Å².